The zero-order valence-electron chi connectivity index (χ0n) is 17.2. The van der Waals surface area contributed by atoms with Crippen molar-refractivity contribution in [3.63, 3.8) is 0 Å². The van der Waals surface area contributed by atoms with Gasteiger partial charge in [-0.1, -0.05) is 53.4 Å². The summed E-state index contributed by atoms with van der Waals surface area (Å²) in [6.07, 6.45) is 2.33. The van der Waals surface area contributed by atoms with Crippen LogP contribution in [0.25, 0.3) is 0 Å². The second-order valence-electron chi connectivity index (χ2n) is 7.71. The molecule has 2 atom stereocenters. The number of aliphatic hydroxyl groups is 1. The summed E-state index contributed by atoms with van der Waals surface area (Å²) in [4.78, 5) is 15.1. The molecule has 1 saturated heterocycles. The zero-order chi connectivity index (χ0) is 22.0. The van der Waals surface area contributed by atoms with Gasteiger partial charge in [0, 0.05) is 10.0 Å². The molecule has 4 rings (SSSR count). The molecule has 32 heavy (non-hydrogen) atoms. The highest BCUT2D eigenvalue weighted by molar-refractivity contribution is 14.0. The molecule has 2 aliphatic rings. The molecular weight excluding hydrogens is 586 g/mol. The molecule has 0 aromatic heterocycles. The van der Waals surface area contributed by atoms with Gasteiger partial charge >= 0.3 is 0 Å². The Labute approximate surface area is 219 Å². The number of aliphatic hydroxyl groups excluding tert-OH is 1. The molecule has 0 bridgehead atoms. The van der Waals surface area contributed by atoms with Crippen LogP contribution in [0.15, 0.2) is 47.6 Å². The van der Waals surface area contributed by atoms with Crippen molar-refractivity contribution >= 4 is 76.1 Å². The first-order valence-electron chi connectivity index (χ1n) is 10.2. The average Bonchev–Trinajstić information content (AvgIpc) is 3.10. The third-order valence-electron chi connectivity index (χ3n) is 5.57. The first-order valence-corrected chi connectivity index (χ1v) is 11.3. The van der Waals surface area contributed by atoms with E-state index in [2.05, 4.69) is 15.3 Å². The molecule has 0 radical (unpaired) electrons. The summed E-state index contributed by atoms with van der Waals surface area (Å²) in [5.74, 6) is -0.398. The number of hydrazone groups is 1. The van der Waals surface area contributed by atoms with Crippen molar-refractivity contribution in [2.24, 2.45) is 5.10 Å². The minimum Gasteiger partial charge on any atom is -0.384 e. The van der Waals surface area contributed by atoms with Crippen molar-refractivity contribution in [2.75, 3.05) is 24.8 Å². The van der Waals surface area contributed by atoms with Gasteiger partial charge in [-0.25, -0.2) is 0 Å². The smallest absolute Gasteiger partial charge is 0.271 e. The number of halogens is 4. The zero-order valence-corrected chi connectivity index (χ0v) is 21.8. The van der Waals surface area contributed by atoms with Gasteiger partial charge in [-0.3, -0.25) is 14.7 Å². The predicted octanol–water partition coefficient (Wildman–Crippen LogP) is 5.10. The molecule has 2 heterocycles. The van der Waals surface area contributed by atoms with Crippen LogP contribution in [0.4, 0.5) is 5.69 Å². The maximum absolute atomic E-state index is 12.9. The fourth-order valence-corrected chi connectivity index (χ4v) is 4.57. The van der Waals surface area contributed by atoms with Crippen LogP contribution in [-0.4, -0.2) is 47.5 Å². The van der Waals surface area contributed by atoms with E-state index >= 15 is 0 Å². The quantitative estimate of drug-likeness (QED) is 0.463. The maximum atomic E-state index is 12.9. The summed E-state index contributed by atoms with van der Waals surface area (Å²) in [7, 11) is 0. The van der Waals surface area contributed by atoms with Gasteiger partial charge in [0.15, 0.2) is 5.71 Å². The van der Waals surface area contributed by atoms with E-state index < -0.39 is 18.1 Å². The number of nitrogens with zero attached hydrogens (tertiary/aromatic N) is 3. The summed E-state index contributed by atoms with van der Waals surface area (Å²) in [5.41, 5.74) is 1.34. The third-order valence-corrected chi connectivity index (χ3v) is 6.36. The largest absolute Gasteiger partial charge is 0.384 e. The Hall–Kier alpha value is -1.10. The number of benzene rings is 2. The van der Waals surface area contributed by atoms with E-state index in [0.717, 1.165) is 31.5 Å². The standard InChI is InChI=1S/C22H23Cl3N4O2.HI/c23-15-6-4-14(5-7-15)20-21(30)19(22(31)26-13-28-10-2-1-3-11-28)27-29(20)18-9-8-16(24)12-17(18)25;/h4-9,12,20-21,30H,1-3,10-11,13H2,(H,26,31);1H. The van der Waals surface area contributed by atoms with Crippen LogP contribution >= 0.6 is 58.8 Å². The number of piperidine rings is 1. The highest BCUT2D eigenvalue weighted by Crippen LogP contribution is 2.40. The van der Waals surface area contributed by atoms with Crippen molar-refractivity contribution < 1.29 is 9.90 Å². The molecule has 1 amide bonds. The number of likely N-dealkylation sites (tertiary alicyclic amines) is 1. The maximum Gasteiger partial charge on any atom is 0.271 e. The SMILES string of the molecule is I.O=C(NCN1CCCCC1)C1=NN(c2ccc(Cl)cc2Cl)C(c2ccc(Cl)cc2)C1O. The van der Waals surface area contributed by atoms with Crippen LogP contribution in [0.1, 0.15) is 30.9 Å². The number of nitrogens with one attached hydrogen (secondary N) is 1. The van der Waals surface area contributed by atoms with E-state index in [-0.39, 0.29) is 29.7 Å². The summed E-state index contributed by atoms with van der Waals surface area (Å²) in [5, 5.41) is 21.5. The Morgan fingerprint density at radius 3 is 2.34 bits per heavy atom. The molecule has 0 saturated carbocycles. The molecule has 10 heteroatoms. The van der Waals surface area contributed by atoms with Crippen LogP contribution in [0.5, 0.6) is 0 Å². The lowest BCUT2D eigenvalue weighted by Crippen LogP contribution is -2.45. The van der Waals surface area contributed by atoms with Crippen LogP contribution in [0.3, 0.4) is 0 Å². The topological polar surface area (TPSA) is 68.2 Å². The average molecular weight is 610 g/mol. The molecule has 172 valence electrons. The first-order chi connectivity index (χ1) is 14.9. The summed E-state index contributed by atoms with van der Waals surface area (Å²) in [6.45, 7) is 2.34. The first kappa shape index (κ1) is 25.5. The molecule has 0 aliphatic carbocycles. The van der Waals surface area contributed by atoms with E-state index in [0.29, 0.717) is 27.4 Å². The van der Waals surface area contributed by atoms with E-state index in [1.165, 1.54) is 6.42 Å². The molecular formula is C22H24Cl3IN4O2. The Kier molecular flexibility index (Phi) is 9.05. The lowest BCUT2D eigenvalue weighted by Gasteiger charge is -2.27. The molecule has 0 spiro atoms. The van der Waals surface area contributed by atoms with Crippen LogP contribution in [0, 0.1) is 0 Å². The Bertz CT molecular complexity index is 984. The van der Waals surface area contributed by atoms with Gasteiger partial charge in [-0.15, -0.1) is 24.0 Å². The van der Waals surface area contributed by atoms with E-state index in [9.17, 15) is 9.90 Å². The molecule has 1 fully saturated rings. The number of hydrogen-bond donors (Lipinski definition) is 2. The molecule has 2 aromatic rings. The lowest BCUT2D eigenvalue weighted by molar-refractivity contribution is -0.115. The van der Waals surface area contributed by atoms with E-state index in [1.807, 2.05) is 0 Å². The molecule has 2 aromatic carbocycles. The number of anilines is 1. The Balaban J connectivity index is 0.00000289. The van der Waals surface area contributed by atoms with E-state index in [1.54, 1.807) is 47.5 Å². The fraction of sp³-hybridized carbons (Fsp3) is 0.364. The van der Waals surface area contributed by atoms with Gasteiger partial charge in [0.25, 0.3) is 5.91 Å². The van der Waals surface area contributed by atoms with Crippen LogP contribution in [0.2, 0.25) is 15.1 Å². The second-order valence-corrected chi connectivity index (χ2v) is 8.99. The normalized spacial score (nSPS) is 21.1. The number of amides is 1. The number of hydrogen-bond acceptors (Lipinski definition) is 5. The number of rotatable bonds is 5. The van der Waals surface area contributed by atoms with E-state index in [4.69, 9.17) is 34.8 Å². The number of carbonyl (C=O) groups excluding carboxylic acids is 1. The Morgan fingerprint density at radius 2 is 1.69 bits per heavy atom. The second kappa shape index (κ2) is 11.4. The minimum absolute atomic E-state index is 0. The highest BCUT2D eigenvalue weighted by Gasteiger charge is 2.41. The molecule has 2 unspecified atom stereocenters. The number of carbonyl (C=O) groups is 1. The van der Waals surface area contributed by atoms with Gasteiger partial charge in [-0.2, -0.15) is 5.10 Å². The summed E-state index contributed by atoms with van der Waals surface area (Å²) < 4.78 is 0. The highest BCUT2D eigenvalue weighted by atomic mass is 127. The third kappa shape index (κ3) is 5.69. The van der Waals surface area contributed by atoms with Gasteiger partial charge < -0.3 is 10.4 Å². The fourth-order valence-electron chi connectivity index (χ4n) is 3.95. The van der Waals surface area contributed by atoms with Crippen molar-refractivity contribution in [1.29, 1.82) is 0 Å². The van der Waals surface area contributed by atoms with Crippen molar-refractivity contribution in [3.8, 4) is 0 Å². The van der Waals surface area contributed by atoms with Crippen molar-refractivity contribution in [2.45, 2.75) is 31.4 Å². The lowest BCUT2D eigenvalue weighted by atomic mass is 9.98. The monoisotopic (exact) mass is 608 g/mol. The molecule has 2 N–H and O–H groups in total. The van der Waals surface area contributed by atoms with Gasteiger partial charge in [-0.05, 0) is 61.8 Å². The molecule has 6 nitrogen and oxygen atoms in total. The predicted molar refractivity (Wildman–Crippen MR) is 140 cm³/mol. The van der Waals surface area contributed by atoms with Crippen LogP contribution in [-0.2, 0) is 4.79 Å². The van der Waals surface area contributed by atoms with Crippen molar-refractivity contribution in [3.05, 3.63) is 63.1 Å². The van der Waals surface area contributed by atoms with Gasteiger partial charge in [0.05, 0.1) is 17.4 Å². The van der Waals surface area contributed by atoms with Crippen molar-refractivity contribution in [1.82, 2.24) is 10.2 Å². The van der Waals surface area contributed by atoms with Crippen LogP contribution < -0.4 is 10.3 Å². The molecule has 2 aliphatic heterocycles. The minimum atomic E-state index is -1.14. The summed E-state index contributed by atoms with van der Waals surface area (Å²) >= 11 is 18.5. The summed E-state index contributed by atoms with van der Waals surface area (Å²) in [6, 6.07) is 11.5. The van der Waals surface area contributed by atoms with Gasteiger partial charge in [0.2, 0.25) is 0 Å². The van der Waals surface area contributed by atoms with Gasteiger partial charge in [0.1, 0.15) is 12.1 Å². The Morgan fingerprint density at radius 1 is 1.03 bits per heavy atom.